The number of methoxy groups -OCH3 is 1. The molecule has 5 heteroatoms. The van der Waals surface area contributed by atoms with E-state index in [0.717, 1.165) is 36.8 Å². The van der Waals surface area contributed by atoms with Crippen molar-refractivity contribution in [3.63, 3.8) is 0 Å². The van der Waals surface area contributed by atoms with Crippen molar-refractivity contribution in [1.29, 1.82) is 0 Å². The van der Waals surface area contributed by atoms with Crippen LogP contribution in [0.25, 0.3) is 6.08 Å². The van der Waals surface area contributed by atoms with E-state index in [1.165, 1.54) is 5.57 Å². The van der Waals surface area contributed by atoms with Gasteiger partial charge in [0.25, 0.3) is 0 Å². The van der Waals surface area contributed by atoms with Crippen LogP contribution in [0.3, 0.4) is 0 Å². The molecule has 1 aliphatic heterocycles. The monoisotopic (exact) mass is 307 g/mol. The predicted octanol–water partition coefficient (Wildman–Crippen LogP) is 3.22. The molecule has 2 rings (SSSR count). The molecule has 0 aliphatic carbocycles. The summed E-state index contributed by atoms with van der Waals surface area (Å²) in [5, 5.41) is 9.42. The van der Waals surface area contributed by atoms with Gasteiger partial charge in [-0.25, -0.2) is 4.79 Å². The second-order valence-corrected chi connectivity index (χ2v) is 5.30. The fourth-order valence-corrected chi connectivity index (χ4v) is 2.51. The highest BCUT2D eigenvalue weighted by Gasteiger charge is 2.15. The minimum absolute atomic E-state index is 0.643. The number of hydrogen-bond donors (Lipinski definition) is 1. The topological polar surface area (TPSA) is 49.8 Å². The second-order valence-electron chi connectivity index (χ2n) is 4.87. The highest BCUT2D eigenvalue weighted by atomic mass is 35.5. The van der Waals surface area contributed by atoms with Crippen molar-refractivity contribution in [3.8, 4) is 0 Å². The highest BCUT2D eigenvalue weighted by Crippen LogP contribution is 2.28. The molecule has 0 unspecified atom stereocenters. The number of rotatable bonds is 5. The SMILES string of the molecule is COCC1=CCN(c2cc(Cl)ccc2/C=C/C(=O)O)CC1. The molecule has 0 amide bonds. The van der Waals surface area contributed by atoms with Crippen LogP contribution in [0.4, 0.5) is 5.69 Å². The van der Waals surface area contributed by atoms with Gasteiger partial charge in [0.15, 0.2) is 0 Å². The lowest BCUT2D eigenvalue weighted by Crippen LogP contribution is -2.29. The van der Waals surface area contributed by atoms with Gasteiger partial charge in [-0.2, -0.15) is 0 Å². The molecule has 0 bridgehead atoms. The van der Waals surface area contributed by atoms with E-state index in [1.54, 1.807) is 19.3 Å². The minimum atomic E-state index is -0.961. The van der Waals surface area contributed by atoms with Crippen molar-refractivity contribution in [1.82, 2.24) is 0 Å². The Kier molecular flexibility index (Phi) is 5.42. The van der Waals surface area contributed by atoms with Crippen molar-refractivity contribution in [2.24, 2.45) is 0 Å². The first-order chi connectivity index (χ1) is 10.1. The Morgan fingerprint density at radius 3 is 2.95 bits per heavy atom. The van der Waals surface area contributed by atoms with E-state index in [1.807, 2.05) is 12.1 Å². The number of carboxylic acid groups (broad SMARTS) is 1. The number of nitrogens with zero attached hydrogens (tertiary/aromatic N) is 1. The molecule has 4 nitrogen and oxygen atoms in total. The van der Waals surface area contributed by atoms with Crippen LogP contribution in [0.1, 0.15) is 12.0 Å². The summed E-state index contributed by atoms with van der Waals surface area (Å²) in [5.74, 6) is -0.961. The Morgan fingerprint density at radius 2 is 2.33 bits per heavy atom. The van der Waals surface area contributed by atoms with Crippen molar-refractivity contribution in [2.75, 3.05) is 31.7 Å². The summed E-state index contributed by atoms with van der Waals surface area (Å²) < 4.78 is 5.15. The summed E-state index contributed by atoms with van der Waals surface area (Å²) in [6.45, 7) is 2.30. The average molecular weight is 308 g/mol. The first kappa shape index (κ1) is 15.6. The Labute approximate surface area is 129 Å². The maximum absolute atomic E-state index is 10.7. The summed E-state index contributed by atoms with van der Waals surface area (Å²) in [6, 6.07) is 5.48. The zero-order valence-electron chi connectivity index (χ0n) is 11.9. The molecular weight excluding hydrogens is 290 g/mol. The number of hydrogen-bond acceptors (Lipinski definition) is 3. The molecule has 0 aromatic heterocycles. The first-order valence-corrected chi connectivity index (χ1v) is 7.10. The Bertz CT molecular complexity index is 581. The lowest BCUT2D eigenvalue weighted by Gasteiger charge is -2.29. The zero-order chi connectivity index (χ0) is 15.2. The number of halogens is 1. The maximum Gasteiger partial charge on any atom is 0.328 e. The zero-order valence-corrected chi connectivity index (χ0v) is 12.6. The van der Waals surface area contributed by atoms with Gasteiger partial charge >= 0.3 is 5.97 Å². The molecule has 21 heavy (non-hydrogen) atoms. The van der Waals surface area contributed by atoms with Gasteiger partial charge in [0.05, 0.1) is 6.61 Å². The molecular formula is C16H18ClNO3. The van der Waals surface area contributed by atoms with Crippen LogP contribution in [0.2, 0.25) is 5.02 Å². The third-order valence-corrected chi connectivity index (χ3v) is 3.61. The number of ether oxygens (including phenoxy) is 1. The van der Waals surface area contributed by atoms with Crippen LogP contribution in [0.15, 0.2) is 35.9 Å². The molecule has 0 atom stereocenters. The van der Waals surface area contributed by atoms with Gasteiger partial charge < -0.3 is 14.7 Å². The van der Waals surface area contributed by atoms with Gasteiger partial charge in [0.2, 0.25) is 0 Å². The number of carbonyl (C=O) groups is 1. The first-order valence-electron chi connectivity index (χ1n) is 6.72. The van der Waals surface area contributed by atoms with Crippen LogP contribution in [-0.2, 0) is 9.53 Å². The van der Waals surface area contributed by atoms with Gasteiger partial charge in [0, 0.05) is 37.0 Å². The van der Waals surface area contributed by atoms with Gasteiger partial charge in [0.1, 0.15) is 0 Å². The Balaban J connectivity index is 2.23. The number of anilines is 1. The van der Waals surface area contributed by atoms with E-state index >= 15 is 0 Å². The fraction of sp³-hybridized carbons (Fsp3) is 0.312. The Morgan fingerprint density at radius 1 is 1.52 bits per heavy atom. The molecule has 0 fully saturated rings. The lowest BCUT2D eigenvalue weighted by atomic mass is 10.1. The third-order valence-electron chi connectivity index (χ3n) is 3.37. The van der Waals surface area contributed by atoms with E-state index in [4.69, 9.17) is 21.4 Å². The predicted molar refractivity (Wildman–Crippen MR) is 84.9 cm³/mol. The normalized spacial score (nSPS) is 15.3. The quantitative estimate of drug-likeness (QED) is 0.670. The van der Waals surface area contributed by atoms with Crippen LogP contribution in [-0.4, -0.2) is 37.9 Å². The highest BCUT2D eigenvalue weighted by molar-refractivity contribution is 6.31. The molecule has 1 aliphatic rings. The third kappa shape index (κ3) is 4.34. The number of aliphatic carboxylic acids is 1. The minimum Gasteiger partial charge on any atom is -0.478 e. The number of benzene rings is 1. The summed E-state index contributed by atoms with van der Waals surface area (Å²) in [6.07, 6.45) is 5.83. The maximum atomic E-state index is 10.7. The molecule has 0 spiro atoms. The van der Waals surface area contributed by atoms with E-state index in [9.17, 15) is 4.79 Å². The van der Waals surface area contributed by atoms with Crippen molar-refractivity contribution in [2.45, 2.75) is 6.42 Å². The van der Waals surface area contributed by atoms with Gasteiger partial charge in [-0.3, -0.25) is 0 Å². The standard InChI is InChI=1S/C16H18ClNO3/c1-21-11-12-6-8-18(9-7-12)15-10-14(17)4-2-13(15)3-5-16(19)20/h2-6,10H,7-9,11H2,1H3,(H,19,20)/b5-3+. The van der Waals surface area contributed by atoms with E-state index in [0.29, 0.717) is 11.6 Å². The van der Waals surface area contributed by atoms with Gasteiger partial charge in [-0.1, -0.05) is 23.7 Å². The summed E-state index contributed by atoms with van der Waals surface area (Å²) >= 11 is 6.07. The summed E-state index contributed by atoms with van der Waals surface area (Å²) in [4.78, 5) is 12.9. The molecule has 112 valence electrons. The van der Waals surface area contributed by atoms with Crippen LogP contribution >= 0.6 is 11.6 Å². The largest absolute Gasteiger partial charge is 0.478 e. The molecule has 1 N–H and O–H groups in total. The van der Waals surface area contributed by atoms with Crippen LogP contribution in [0.5, 0.6) is 0 Å². The average Bonchev–Trinajstić information content (AvgIpc) is 2.47. The molecule has 1 aromatic rings. The van der Waals surface area contributed by atoms with E-state index in [2.05, 4.69) is 11.0 Å². The van der Waals surface area contributed by atoms with Crippen molar-refractivity contribution < 1.29 is 14.6 Å². The summed E-state index contributed by atoms with van der Waals surface area (Å²) in [7, 11) is 1.69. The molecule has 0 saturated heterocycles. The fourth-order valence-electron chi connectivity index (χ4n) is 2.34. The molecule has 1 heterocycles. The van der Waals surface area contributed by atoms with E-state index < -0.39 is 5.97 Å². The molecule has 1 aromatic carbocycles. The Hall–Kier alpha value is -1.78. The van der Waals surface area contributed by atoms with Gasteiger partial charge in [-0.15, -0.1) is 0 Å². The van der Waals surface area contributed by atoms with Crippen LogP contribution in [0, 0.1) is 0 Å². The van der Waals surface area contributed by atoms with E-state index in [-0.39, 0.29) is 0 Å². The number of carboxylic acids is 1. The van der Waals surface area contributed by atoms with Crippen molar-refractivity contribution in [3.05, 3.63) is 46.5 Å². The van der Waals surface area contributed by atoms with Crippen molar-refractivity contribution >= 4 is 29.3 Å². The summed E-state index contributed by atoms with van der Waals surface area (Å²) in [5.41, 5.74) is 3.09. The smallest absolute Gasteiger partial charge is 0.328 e. The second kappa shape index (κ2) is 7.29. The lowest BCUT2D eigenvalue weighted by molar-refractivity contribution is -0.131. The molecule has 0 radical (unpaired) electrons. The van der Waals surface area contributed by atoms with Gasteiger partial charge in [-0.05, 0) is 35.8 Å². The van der Waals surface area contributed by atoms with Crippen LogP contribution < -0.4 is 4.90 Å². The molecule has 0 saturated carbocycles.